The number of methoxy groups -OCH3 is 1. The van der Waals surface area contributed by atoms with Crippen molar-refractivity contribution in [3.8, 4) is 11.5 Å². The molecule has 12 heteroatoms. The van der Waals surface area contributed by atoms with E-state index in [2.05, 4.69) is 9.88 Å². The zero-order chi connectivity index (χ0) is 30.0. The quantitative estimate of drug-likeness (QED) is 0.282. The number of rotatable bonds is 9. The second-order valence-electron chi connectivity index (χ2n) is 11.1. The minimum atomic E-state index is -1.40. The van der Waals surface area contributed by atoms with Crippen LogP contribution in [0.25, 0.3) is 11.0 Å². The molecule has 0 saturated carbocycles. The molecule has 0 bridgehead atoms. The van der Waals surface area contributed by atoms with Crippen molar-refractivity contribution in [2.24, 2.45) is 0 Å². The second kappa shape index (κ2) is 12.4. The number of H-pyrrole nitrogens is 1. The van der Waals surface area contributed by atoms with Crippen LogP contribution in [0.2, 0.25) is 0 Å². The number of benzene rings is 1. The van der Waals surface area contributed by atoms with E-state index in [4.69, 9.17) is 32.8 Å². The van der Waals surface area contributed by atoms with Gasteiger partial charge in [0, 0.05) is 38.0 Å². The average Bonchev–Trinajstić information content (AvgIpc) is 3.40. The zero-order valence-corrected chi connectivity index (χ0v) is 24.5. The molecule has 3 aromatic rings. The number of aliphatic hydroxyl groups is 1. The summed E-state index contributed by atoms with van der Waals surface area (Å²) in [6, 6.07) is 8.11. The van der Waals surface area contributed by atoms with Gasteiger partial charge in [-0.3, -0.25) is 4.90 Å². The van der Waals surface area contributed by atoms with E-state index in [0.29, 0.717) is 54.4 Å². The molecule has 2 aromatic heterocycles. The summed E-state index contributed by atoms with van der Waals surface area (Å²) < 4.78 is 40.5. The molecule has 0 amide bonds. The van der Waals surface area contributed by atoms with Crippen LogP contribution in [0.4, 0.5) is 0 Å². The van der Waals surface area contributed by atoms with Gasteiger partial charge >= 0.3 is 11.6 Å². The number of aromatic amines is 1. The number of morpholine rings is 1. The molecular formula is C30H38N2O10. The molecule has 1 aromatic carbocycles. The number of fused-ring (bicyclic) bond motifs is 1. The first kappa shape index (κ1) is 30.1. The Bertz CT molecular complexity index is 1460. The lowest BCUT2D eigenvalue weighted by Gasteiger charge is -2.47. The highest BCUT2D eigenvalue weighted by Crippen LogP contribution is 2.37. The van der Waals surface area contributed by atoms with Gasteiger partial charge in [0.1, 0.15) is 35.5 Å². The predicted molar refractivity (Wildman–Crippen MR) is 151 cm³/mol. The van der Waals surface area contributed by atoms with E-state index in [1.807, 2.05) is 6.92 Å². The van der Waals surface area contributed by atoms with Gasteiger partial charge < -0.3 is 42.9 Å². The van der Waals surface area contributed by atoms with E-state index in [1.165, 1.54) is 13.2 Å². The van der Waals surface area contributed by atoms with Crippen LogP contribution in [-0.4, -0.2) is 97.7 Å². The number of carbonyl (C=O) groups excluding carboxylic acids is 1. The topological polar surface area (TPSA) is 142 Å². The monoisotopic (exact) mass is 586 g/mol. The molecule has 4 heterocycles. The zero-order valence-electron chi connectivity index (χ0n) is 24.5. The van der Waals surface area contributed by atoms with E-state index < -0.39 is 41.8 Å². The smallest absolute Gasteiger partial charge is 0.355 e. The summed E-state index contributed by atoms with van der Waals surface area (Å²) in [5, 5.41) is 11.9. The highest BCUT2D eigenvalue weighted by atomic mass is 16.7. The van der Waals surface area contributed by atoms with Crippen LogP contribution in [0.3, 0.4) is 0 Å². The summed E-state index contributed by atoms with van der Waals surface area (Å²) in [5.74, 6) is 0.0843. The number of aromatic nitrogens is 1. The van der Waals surface area contributed by atoms with Gasteiger partial charge in [0.2, 0.25) is 6.29 Å². The lowest BCUT2D eigenvalue weighted by Crippen LogP contribution is -2.65. The molecule has 2 saturated heterocycles. The van der Waals surface area contributed by atoms with E-state index >= 15 is 0 Å². The molecule has 2 fully saturated rings. The first-order valence-electron chi connectivity index (χ1n) is 14.0. The largest absolute Gasteiger partial charge is 0.491 e. The molecule has 2 aliphatic heterocycles. The molecule has 42 heavy (non-hydrogen) atoms. The summed E-state index contributed by atoms with van der Waals surface area (Å²) in [7, 11) is 1.46. The highest BCUT2D eigenvalue weighted by Gasteiger charge is 2.53. The molecular weight excluding hydrogens is 548 g/mol. The average molecular weight is 587 g/mol. The van der Waals surface area contributed by atoms with Crippen LogP contribution < -0.4 is 15.1 Å². The van der Waals surface area contributed by atoms with E-state index in [9.17, 15) is 14.7 Å². The molecule has 2 N–H and O–H groups in total. The Balaban J connectivity index is 1.36. The van der Waals surface area contributed by atoms with Crippen molar-refractivity contribution < 1.29 is 42.7 Å². The van der Waals surface area contributed by atoms with Crippen molar-refractivity contribution in [1.29, 1.82) is 0 Å². The van der Waals surface area contributed by atoms with Crippen molar-refractivity contribution >= 4 is 16.9 Å². The van der Waals surface area contributed by atoms with Gasteiger partial charge in [-0.25, -0.2) is 9.59 Å². The Hall–Kier alpha value is -3.42. The first-order chi connectivity index (χ1) is 20.1. The molecule has 0 aliphatic carbocycles. The fourth-order valence-electron chi connectivity index (χ4n) is 5.41. The van der Waals surface area contributed by atoms with E-state index in [1.54, 1.807) is 45.0 Å². The van der Waals surface area contributed by atoms with Crippen molar-refractivity contribution in [1.82, 2.24) is 9.88 Å². The Labute approximate surface area is 243 Å². The maximum Gasteiger partial charge on any atom is 0.355 e. The molecule has 5 rings (SSSR count). The van der Waals surface area contributed by atoms with Gasteiger partial charge in [-0.1, -0.05) is 0 Å². The normalized spacial score (nSPS) is 24.4. The van der Waals surface area contributed by atoms with Crippen LogP contribution in [0.5, 0.6) is 11.5 Å². The van der Waals surface area contributed by atoms with Crippen molar-refractivity contribution in [3.05, 3.63) is 57.7 Å². The van der Waals surface area contributed by atoms with Crippen molar-refractivity contribution in [2.75, 3.05) is 46.6 Å². The van der Waals surface area contributed by atoms with Crippen LogP contribution >= 0.6 is 0 Å². The Morgan fingerprint density at radius 2 is 1.90 bits per heavy atom. The third-order valence-corrected chi connectivity index (χ3v) is 7.65. The number of ether oxygens (including phenoxy) is 6. The SMILES string of the molecule is CO[C@@H]1[C@@H](OC(=O)c2ccc(C)[nH]2)[C@@H](O)[C@H](Oc2ccc3c(OCCN4CCOCC4)cc(=O)oc3c2C)OC1(C)C. The van der Waals surface area contributed by atoms with Gasteiger partial charge in [0.25, 0.3) is 0 Å². The number of aliphatic hydroxyl groups excluding tert-OH is 1. The second-order valence-corrected chi connectivity index (χ2v) is 11.1. The summed E-state index contributed by atoms with van der Waals surface area (Å²) in [4.78, 5) is 30.5. The summed E-state index contributed by atoms with van der Waals surface area (Å²) in [6.07, 6.45) is -4.53. The lowest BCUT2D eigenvalue weighted by molar-refractivity contribution is -0.305. The fraction of sp³-hybridized carbons (Fsp3) is 0.533. The van der Waals surface area contributed by atoms with Gasteiger partial charge in [0.15, 0.2) is 12.2 Å². The van der Waals surface area contributed by atoms with Gasteiger partial charge in [0.05, 0.1) is 30.3 Å². The molecule has 2 aliphatic rings. The standard InChI is InChI=1S/C30H38N2O10/c1-17-6-8-20(31-17)28(35)41-26-24(34)29(42-30(3,4)27(26)36-5)39-21-9-7-19-22(16-23(33)40-25(19)18(21)2)38-15-12-32-10-13-37-14-11-32/h6-9,16,24,26-27,29,31,34H,10-15H2,1-5H3/t24-,26+,27-,29-/m1/s1. The summed E-state index contributed by atoms with van der Waals surface area (Å²) in [5.41, 5.74) is 0.289. The third-order valence-electron chi connectivity index (χ3n) is 7.65. The Morgan fingerprint density at radius 3 is 2.60 bits per heavy atom. The number of nitrogens with one attached hydrogen (secondary N) is 1. The molecule has 0 unspecified atom stereocenters. The third kappa shape index (κ3) is 6.32. The number of aryl methyl sites for hydroxylation is 2. The number of nitrogens with zero attached hydrogens (tertiary/aromatic N) is 1. The maximum atomic E-state index is 12.9. The van der Waals surface area contributed by atoms with Crippen LogP contribution in [-0.2, 0) is 18.9 Å². The number of carbonyl (C=O) groups is 1. The van der Waals surface area contributed by atoms with Crippen LogP contribution in [0.1, 0.15) is 35.6 Å². The minimum Gasteiger partial charge on any atom is -0.491 e. The fourth-order valence-corrected chi connectivity index (χ4v) is 5.41. The number of hydrogen-bond acceptors (Lipinski definition) is 11. The molecule has 0 spiro atoms. The summed E-state index contributed by atoms with van der Waals surface area (Å²) in [6.45, 7) is 11.2. The number of esters is 1. The Kier molecular flexibility index (Phi) is 8.90. The lowest BCUT2D eigenvalue weighted by atomic mass is 9.89. The number of hydrogen-bond donors (Lipinski definition) is 2. The Morgan fingerprint density at radius 1 is 1.14 bits per heavy atom. The van der Waals surface area contributed by atoms with Gasteiger partial charge in [-0.15, -0.1) is 0 Å². The van der Waals surface area contributed by atoms with E-state index in [0.717, 1.165) is 18.8 Å². The van der Waals surface area contributed by atoms with Crippen LogP contribution in [0, 0.1) is 13.8 Å². The van der Waals surface area contributed by atoms with Crippen molar-refractivity contribution in [2.45, 2.75) is 57.9 Å². The maximum absolute atomic E-state index is 12.9. The predicted octanol–water partition coefficient (Wildman–Crippen LogP) is 2.56. The summed E-state index contributed by atoms with van der Waals surface area (Å²) >= 11 is 0. The highest BCUT2D eigenvalue weighted by molar-refractivity contribution is 5.88. The minimum absolute atomic E-state index is 0.250. The van der Waals surface area contributed by atoms with Gasteiger partial charge in [-0.05, 0) is 52.0 Å². The molecule has 228 valence electrons. The first-order valence-corrected chi connectivity index (χ1v) is 14.0. The molecule has 12 nitrogen and oxygen atoms in total. The van der Waals surface area contributed by atoms with E-state index in [-0.39, 0.29) is 5.69 Å². The molecule has 4 atom stereocenters. The molecule has 0 radical (unpaired) electrons. The van der Waals surface area contributed by atoms with Gasteiger partial charge in [-0.2, -0.15) is 0 Å². The van der Waals surface area contributed by atoms with Crippen LogP contribution in [0.15, 0.2) is 39.5 Å². The van der Waals surface area contributed by atoms with Crippen molar-refractivity contribution in [3.63, 3.8) is 0 Å².